The summed E-state index contributed by atoms with van der Waals surface area (Å²) in [4.78, 5) is 17.6. The van der Waals surface area contributed by atoms with Crippen molar-refractivity contribution in [2.45, 2.75) is 13.0 Å². The monoisotopic (exact) mass is 223 g/mol. The number of likely N-dealkylation sites (N-methyl/N-ethyl adjacent to an activating group) is 1. The molecule has 0 spiro atoms. The second-order valence-corrected chi connectivity index (χ2v) is 3.58. The van der Waals surface area contributed by atoms with Gasteiger partial charge in [-0.2, -0.15) is 0 Å². The predicted octanol–water partition coefficient (Wildman–Crippen LogP) is 0.509. The molecule has 1 heterocycles. The summed E-state index contributed by atoms with van der Waals surface area (Å²) in [7, 11) is 3.24. The van der Waals surface area contributed by atoms with E-state index in [1.165, 1.54) is 13.3 Å². The quantitative estimate of drug-likeness (QED) is 0.807. The van der Waals surface area contributed by atoms with Crippen LogP contribution in [0.5, 0.6) is 5.75 Å². The van der Waals surface area contributed by atoms with E-state index in [0.29, 0.717) is 17.9 Å². The van der Waals surface area contributed by atoms with Crippen LogP contribution >= 0.6 is 0 Å². The molecule has 1 rings (SSSR count). The Labute approximate surface area is 95.2 Å². The fourth-order valence-electron chi connectivity index (χ4n) is 1.27. The summed E-state index contributed by atoms with van der Waals surface area (Å²) in [5.41, 5.74) is 6.02. The summed E-state index contributed by atoms with van der Waals surface area (Å²) in [5, 5.41) is 0. The number of rotatable bonds is 4. The number of amides is 1. The van der Waals surface area contributed by atoms with Crippen molar-refractivity contribution in [1.29, 1.82) is 0 Å². The van der Waals surface area contributed by atoms with E-state index in [2.05, 4.69) is 4.98 Å². The Bertz CT molecular complexity index is 368. The number of hydrogen-bond acceptors (Lipinski definition) is 4. The van der Waals surface area contributed by atoms with Crippen LogP contribution < -0.4 is 10.5 Å². The molecule has 5 heteroatoms. The lowest BCUT2D eigenvalue weighted by Gasteiger charge is -2.24. The molecule has 1 atom stereocenters. The Morgan fingerprint density at radius 1 is 1.69 bits per heavy atom. The van der Waals surface area contributed by atoms with Gasteiger partial charge in [0.2, 0.25) is 0 Å². The minimum absolute atomic E-state index is 0.00892. The van der Waals surface area contributed by atoms with E-state index >= 15 is 0 Å². The van der Waals surface area contributed by atoms with Gasteiger partial charge in [0, 0.05) is 25.8 Å². The maximum absolute atomic E-state index is 12.1. The van der Waals surface area contributed by atoms with Crippen LogP contribution in [0.25, 0.3) is 0 Å². The second-order valence-electron chi connectivity index (χ2n) is 3.58. The molecule has 0 bridgehead atoms. The Balaban J connectivity index is 2.95. The minimum atomic E-state index is -0.114. The third-order valence-electron chi connectivity index (χ3n) is 2.56. The van der Waals surface area contributed by atoms with Crippen molar-refractivity contribution < 1.29 is 9.53 Å². The molecule has 1 unspecified atom stereocenters. The second kappa shape index (κ2) is 5.46. The van der Waals surface area contributed by atoms with Crippen LogP contribution in [0.4, 0.5) is 0 Å². The molecule has 0 saturated carbocycles. The van der Waals surface area contributed by atoms with Crippen molar-refractivity contribution in [3.05, 3.63) is 24.0 Å². The molecule has 2 N–H and O–H groups in total. The maximum Gasteiger partial charge on any atom is 0.257 e. The first-order valence-corrected chi connectivity index (χ1v) is 5.07. The van der Waals surface area contributed by atoms with Crippen LogP contribution in [-0.2, 0) is 0 Å². The molecule has 16 heavy (non-hydrogen) atoms. The molecule has 1 amide bonds. The van der Waals surface area contributed by atoms with Gasteiger partial charge in [-0.05, 0) is 13.0 Å². The molecule has 0 aliphatic rings. The van der Waals surface area contributed by atoms with Crippen molar-refractivity contribution in [2.75, 3.05) is 20.7 Å². The smallest absolute Gasteiger partial charge is 0.257 e. The van der Waals surface area contributed by atoms with Crippen molar-refractivity contribution in [1.82, 2.24) is 9.88 Å². The fourth-order valence-corrected chi connectivity index (χ4v) is 1.27. The normalized spacial score (nSPS) is 12.0. The molecule has 0 radical (unpaired) electrons. The number of methoxy groups -OCH3 is 1. The molecular formula is C11H17N3O2. The molecule has 88 valence electrons. The Kier molecular flexibility index (Phi) is 4.25. The predicted molar refractivity (Wildman–Crippen MR) is 61.4 cm³/mol. The zero-order chi connectivity index (χ0) is 12.1. The topological polar surface area (TPSA) is 68.5 Å². The van der Waals surface area contributed by atoms with Crippen LogP contribution in [0.3, 0.4) is 0 Å². The third-order valence-corrected chi connectivity index (χ3v) is 2.56. The number of carbonyl (C=O) groups excluding carboxylic acids is 1. The van der Waals surface area contributed by atoms with Crippen molar-refractivity contribution in [3.63, 3.8) is 0 Å². The van der Waals surface area contributed by atoms with E-state index in [0.717, 1.165) is 0 Å². The van der Waals surface area contributed by atoms with Gasteiger partial charge < -0.3 is 15.4 Å². The number of ether oxygens (including phenoxy) is 1. The third kappa shape index (κ3) is 2.49. The van der Waals surface area contributed by atoms with E-state index in [4.69, 9.17) is 10.5 Å². The molecular weight excluding hydrogens is 206 g/mol. The largest absolute Gasteiger partial charge is 0.494 e. The highest BCUT2D eigenvalue weighted by molar-refractivity contribution is 5.96. The Hall–Kier alpha value is -1.62. The van der Waals surface area contributed by atoms with Crippen molar-refractivity contribution in [3.8, 4) is 5.75 Å². The molecule has 1 aromatic rings. The SMILES string of the molecule is COc1cnccc1C(=O)N(C)C(C)CN. The average Bonchev–Trinajstić information content (AvgIpc) is 2.35. The van der Waals surface area contributed by atoms with E-state index < -0.39 is 0 Å². The standard InChI is InChI=1S/C11H17N3O2/c1-8(6-12)14(2)11(15)9-4-5-13-7-10(9)16-3/h4-5,7-8H,6,12H2,1-3H3. The first-order valence-electron chi connectivity index (χ1n) is 5.07. The summed E-state index contributed by atoms with van der Waals surface area (Å²) in [6, 6.07) is 1.63. The van der Waals surface area contributed by atoms with E-state index in [1.54, 1.807) is 24.2 Å². The molecule has 5 nitrogen and oxygen atoms in total. The summed E-state index contributed by atoms with van der Waals surface area (Å²) in [6.07, 6.45) is 3.09. The number of pyridine rings is 1. The lowest BCUT2D eigenvalue weighted by Crippen LogP contribution is -2.39. The highest BCUT2D eigenvalue weighted by Gasteiger charge is 2.19. The first-order chi connectivity index (χ1) is 7.61. The lowest BCUT2D eigenvalue weighted by molar-refractivity contribution is 0.0745. The highest BCUT2D eigenvalue weighted by atomic mass is 16.5. The highest BCUT2D eigenvalue weighted by Crippen LogP contribution is 2.18. The molecule has 0 saturated heterocycles. The van der Waals surface area contributed by atoms with Gasteiger partial charge in [-0.25, -0.2) is 0 Å². The summed E-state index contributed by atoms with van der Waals surface area (Å²) in [5.74, 6) is 0.362. The summed E-state index contributed by atoms with van der Waals surface area (Å²) < 4.78 is 5.09. The van der Waals surface area contributed by atoms with Gasteiger partial charge in [0.1, 0.15) is 5.75 Å². The van der Waals surface area contributed by atoms with Gasteiger partial charge in [-0.1, -0.05) is 0 Å². The average molecular weight is 223 g/mol. The van der Waals surface area contributed by atoms with Crippen LogP contribution in [0, 0.1) is 0 Å². The van der Waals surface area contributed by atoms with E-state index in [1.807, 2.05) is 6.92 Å². The Morgan fingerprint density at radius 2 is 2.38 bits per heavy atom. The van der Waals surface area contributed by atoms with Crippen LogP contribution in [0.1, 0.15) is 17.3 Å². The molecule has 0 aliphatic carbocycles. The number of aromatic nitrogens is 1. The van der Waals surface area contributed by atoms with Gasteiger partial charge in [0.25, 0.3) is 5.91 Å². The Morgan fingerprint density at radius 3 is 2.94 bits per heavy atom. The summed E-state index contributed by atoms with van der Waals surface area (Å²) in [6.45, 7) is 2.32. The van der Waals surface area contributed by atoms with Gasteiger partial charge in [0.15, 0.2) is 0 Å². The molecule has 0 aliphatic heterocycles. The van der Waals surface area contributed by atoms with Crippen molar-refractivity contribution >= 4 is 5.91 Å². The van der Waals surface area contributed by atoms with E-state index in [9.17, 15) is 4.79 Å². The molecule has 0 fully saturated rings. The molecule has 1 aromatic heterocycles. The van der Waals surface area contributed by atoms with Crippen LogP contribution in [-0.4, -0.2) is 42.5 Å². The number of carbonyl (C=O) groups is 1. The minimum Gasteiger partial charge on any atom is -0.494 e. The van der Waals surface area contributed by atoms with Crippen LogP contribution in [0.15, 0.2) is 18.5 Å². The number of nitrogens with zero attached hydrogens (tertiary/aromatic N) is 2. The number of nitrogens with two attached hydrogens (primary N) is 1. The van der Waals surface area contributed by atoms with Gasteiger partial charge in [-0.3, -0.25) is 9.78 Å². The van der Waals surface area contributed by atoms with Crippen LogP contribution in [0.2, 0.25) is 0 Å². The first kappa shape index (κ1) is 12.4. The number of hydrogen-bond donors (Lipinski definition) is 1. The van der Waals surface area contributed by atoms with Gasteiger partial charge >= 0.3 is 0 Å². The van der Waals surface area contributed by atoms with Gasteiger partial charge in [0.05, 0.1) is 18.9 Å². The zero-order valence-corrected chi connectivity index (χ0v) is 9.80. The molecule has 0 aromatic carbocycles. The lowest BCUT2D eigenvalue weighted by atomic mass is 10.2. The maximum atomic E-state index is 12.1. The fraction of sp³-hybridized carbons (Fsp3) is 0.455. The van der Waals surface area contributed by atoms with Crippen molar-refractivity contribution in [2.24, 2.45) is 5.73 Å². The van der Waals surface area contributed by atoms with Gasteiger partial charge in [-0.15, -0.1) is 0 Å². The summed E-state index contributed by atoms with van der Waals surface area (Å²) >= 11 is 0. The van der Waals surface area contributed by atoms with E-state index in [-0.39, 0.29) is 11.9 Å². The zero-order valence-electron chi connectivity index (χ0n) is 9.80.